The minimum absolute atomic E-state index is 0.0853. The summed E-state index contributed by atoms with van der Waals surface area (Å²) in [5, 5.41) is 11.2. The summed E-state index contributed by atoms with van der Waals surface area (Å²) in [7, 11) is 1.99. The molecule has 0 bridgehead atoms. The first kappa shape index (κ1) is 20.8. The first-order chi connectivity index (χ1) is 12.5. The molecule has 1 unspecified atom stereocenters. The molecule has 2 N–H and O–H groups in total. The fourth-order valence-electron chi connectivity index (χ4n) is 2.90. The zero-order chi connectivity index (χ0) is 18.9. The Kier molecular flexibility index (Phi) is 8.48. The first-order valence-electron chi connectivity index (χ1n) is 9.25. The Bertz CT molecular complexity index is 712. The Labute approximate surface area is 165 Å². The van der Waals surface area contributed by atoms with Crippen molar-refractivity contribution >= 4 is 27.5 Å². The highest BCUT2D eigenvalue weighted by Gasteiger charge is 2.14. The van der Waals surface area contributed by atoms with Gasteiger partial charge < -0.3 is 5.32 Å². The highest BCUT2D eigenvalue weighted by Crippen LogP contribution is 2.28. The van der Waals surface area contributed by atoms with E-state index in [1.165, 1.54) is 11.1 Å². The van der Waals surface area contributed by atoms with Crippen LogP contribution in [0, 0.1) is 0 Å². The van der Waals surface area contributed by atoms with Crippen LogP contribution in [0.25, 0.3) is 0 Å². The zero-order valence-corrected chi connectivity index (χ0v) is 17.8. The quantitative estimate of drug-likeness (QED) is 0.451. The molecule has 6 heteroatoms. The van der Waals surface area contributed by atoms with Gasteiger partial charge in [-0.15, -0.1) is 0 Å². The van der Waals surface area contributed by atoms with Crippen LogP contribution in [-0.4, -0.2) is 35.6 Å². The third-order valence-corrected chi connectivity index (χ3v) is 4.96. The van der Waals surface area contributed by atoms with Gasteiger partial charge in [0, 0.05) is 5.71 Å². The van der Waals surface area contributed by atoms with Crippen molar-refractivity contribution in [2.45, 2.75) is 46.2 Å². The molecule has 0 radical (unpaired) electrons. The van der Waals surface area contributed by atoms with Crippen LogP contribution in [-0.2, 0) is 0 Å². The van der Waals surface area contributed by atoms with Crippen LogP contribution in [0.5, 0.6) is 0 Å². The largest absolute Gasteiger partial charge is 0.320 e. The van der Waals surface area contributed by atoms with Crippen molar-refractivity contribution in [1.82, 2.24) is 20.4 Å². The normalized spacial score (nSPS) is 16.3. The maximum Gasteiger partial charge on any atom is 0.166 e. The topological polar surface area (TPSA) is 54.2 Å². The van der Waals surface area contributed by atoms with Gasteiger partial charge in [0.05, 0.1) is 10.7 Å². The van der Waals surface area contributed by atoms with Crippen molar-refractivity contribution in [3.8, 4) is 0 Å². The molecule has 0 fully saturated rings. The molecule has 1 aromatic rings. The molecule has 1 heterocycles. The van der Waals surface area contributed by atoms with Gasteiger partial charge in [-0.25, -0.2) is 9.67 Å². The molecule has 5 nitrogen and oxygen atoms in total. The number of hydrogen-bond acceptors (Lipinski definition) is 4. The highest BCUT2D eigenvalue weighted by atomic mass is 79.9. The number of hydrogen-bond donors (Lipinski definition) is 2. The summed E-state index contributed by atoms with van der Waals surface area (Å²) in [4.78, 5) is 4.89. The van der Waals surface area contributed by atoms with Gasteiger partial charge in [-0.3, -0.25) is 5.32 Å². The van der Waals surface area contributed by atoms with Crippen molar-refractivity contribution in [2.75, 3.05) is 20.1 Å². The molecule has 0 aromatic carbocycles. The van der Waals surface area contributed by atoms with Crippen LogP contribution in [0.1, 0.15) is 46.2 Å². The molecule has 0 amide bonds. The van der Waals surface area contributed by atoms with Crippen molar-refractivity contribution in [1.29, 1.82) is 0 Å². The van der Waals surface area contributed by atoms with Gasteiger partial charge in [0.15, 0.2) is 5.82 Å². The second-order valence-electron chi connectivity index (χ2n) is 6.54. The fraction of sp³-hybridized carbons (Fsp3) is 0.500. The number of allylic oxidation sites excluding steroid dienone is 6. The van der Waals surface area contributed by atoms with Crippen LogP contribution >= 0.6 is 15.9 Å². The van der Waals surface area contributed by atoms with Gasteiger partial charge in [-0.2, -0.15) is 5.10 Å². The van der Waals surface area contributed by atoms with E-state index in [-0.39, 0.29) is 6.17 Å². The van der Waals surface area contributed by atoms with E-state index in [9.17, 15) is 0 Å². The lowest BCUT2D eigenvalue weighted by Gasteiger charge is -2.16. The average Bonchev–Trinajstić information content (AvgIpc) is 2.83. The Morgan fingerprint density at radius 2 is 2.04 bits per heavy atom. The Morgan fingerprint density at radius 3 is 2.81 bits per heavy atom. The Hall–Kier alpha value is -1.50. The lowest BCUT2D eigenvalue weighted by atomic mass is 10.1. The van der Waals surface area contributed by atoms with E-state index >= 15 is 0 Å². The molecule has 1 aliphatic carbocycles. The molecular formula is C20H30BrN5. The van der Waals surface area contributed by atoms with E-state index in [0.29, 0.717) is 0 Å². The molecule has 2 rings (SSSR count). The predicted molar refractivity (Wildman–Crippen MR) is 114 cm³/mol. The third-order valence-electron chi connectivity index (χ3n) is 4.40. The standard InChI is InChI=1S/C20H30BrN5/c1-15-10-6-5-7-11-18(15)16(2)25-20-19(21)14-24-26(20)17(3)23-13-9-8-12-22-4/h6-7,10-11,14,17,22-23H,5,8-9,12-13H2,1-4H3/b25-16+. The summed E-state index contributed by atoms with van der Waals surface area (Å²) in [5.74, 6) is 0.847. The number of rotatable bonds is 9. The predicted octanol–water partition coefficient (Wildman–Crippen LogP) is 4.68. The summed E-state index contributed by atoms with van der Waals surface area (Å²) < 4.78 is 2.85. The van der Waals surface area contributed by atoms with Crippen LogP contribution in [0.15, 0.2) is 51.1 Å². The minimum atomic E-state index is 0.0853. The molecule has 26 heavy (non-hydrogen) atoms. The summed E-state index contributed by atoms with van der Waals surface area (Å²) >= 11 is 3.60. The number of halogens is 1. The summed E-state index contributed by atoms with van der Waals surface area (Å²) in [5.41, 5.74) is 3.40. The van der Waals surface area contributed by atoms with E-state index in [1.54, 1.807) is 0 Å². The Morgan fingerprint density at radius 1 is 1.31 bits per heavy atom. The molecule has 1 aliphatic rings. The van der Waals surface area contributed by atoms with Crippen molar-refractivity contribution in [2.24, 2.45) is 4.99 Å². The molecule has 142 valence electrons. The van der Waals surface area contributed by atoms with Gasteiger partial charge in [-0.05, 0) is 87.2 Å². The number of aromatic nitrogens is 2. The van der Waals surface area contributed by atoms with Crippen LogP contribution in [0.3, 0.4) is 0 Å². The van der Waals surface area contributed by atoms with Crippen molar-refractivity contribution in [3.63, 3.8) is 0 Å². The molecule has 0 saturated carbocycles. The molecular weight excluding hydrogens is 390 g/mol. The smallest absolute Gasteiger partial charge is 0.166 e. The number of nitrogens with one attached hydrogen (secondary N) is 2. The van der Waals surface area contributed by atoms with E-state index in [1.807, 2.05) is 17.9 Å². The fourth-order valence-corrected chi connectivity index (χ4v) is 3.26. The highest BCUT2D eigenvalue weighted by molar-refractivity contribution is 9.10. The Balaban J connectivity index is 2.15. The lowest BCUT2D eigenvalue weighted by molar-refractivity contribution is 0.398. The lowest BCUT2D eigenvalue weighted by Crippen LogP contribution is -2.26. The number of nitrogens with zero attached hydrogens (tertiary/aromatic N) is 3. The summed E-state index contributed by atoms with van der Waals surface area (Å²) in [6, 6.07) is 0. The second-order valence-corrected chi connectivity index (χ2v) is 7.39. The number of aliphatic imine (C=N–C) groups is 1. The average molecular weight is 420 g/mol. The van der Waals surface area contributed by atoms with E-state index in [4.69, 9.17) is 4.99 Å². The molecule has 0 spiro atoms. The van der Waals surface area contributed by atoms with Crippen LogP contribution in [0.2, 0.25) is 0 Å². The first-order valence-corrected chi connectivity index (χ1v) is 10.0. The molecule has 0 aliphatic heterocycles. The van der Waals surface area contributed by atoms with Crippen LogP contribution < -0.4 is 10.6 Å². The van der Waals surface area contributed by atoms with Gasteiger partial charge in [0.2, 0.25) is 0 Å². The van der Waals surface area contributed by atoms with Gasteiger partial charge >= 0.3 is 0 Å². The van der Waals surface area contributed by atoms with E-state index in [2.05, 4.69) is 76.7 Å². The SMILES string of the molecule is CNCCCCNC(C)n1ncc(Br)c1/N=C(\C)C1=C(C)C=CCC=C1. The molecule has 1 aromatic heterocycles. The van der Waals surface area contributed by atoms with Crippen LogP contribution in [0.4, 0.5) is 5.82 Å². The van der Waals surface area contributed by atoms with Crippen molar-refractivity contribution < 1.29 is 0 Å². The monoisotopic (exact) mass is 419 g/mol. The van der Waals surface area contributed by atoms with Gasteiger partial charge in [0.1, 0.15) is 6.17 Å². The minimum Gasteiger partial charge on any atom is -0.320 e. The van der Waals surface area contributed by atoms with Gasteiger partial charge in [0.25, 0.3) is 0 Å². The maximum atomic E-state index is 4.89. The molecule has 1 atom stereocenters. The molecule has 0 saturated heterocycles. The maximum absolute atomic E-state index is 4.89. The summed E-state index contributed by atoms with van der Waals surface area (Å²) in [6.45, 7) is 8.31. The summed E-state index contributed by atoms with van der Waals surface area (Å²) in [6.07, 6.45) is 13.8. The van der Waals surface area contributed by atoms with E-state index in [0.717, 1.165) is 48.4 Å². The van der Waals surface area contributed by atoms with E-state index < -0.39 is 0 Å². The second kappa shape index (κ2) is 10.6. The zero-order valence-electron chi connectivity index (χ0n) is 16.2. The third kappa shape index (κ3) is 5.76. The van der Waals surface area contributed by atoms with Crippen molar-refractivity contribution in [3.05, 3.63) is 46.1 Å². The van der Waals surface area contributed by atoms with Gasteiger partial charge in [-0.1, -0.05) is 24.3 Å². The number of unbranched alkanes of at least 4 members (excludes halogenated alkanes) is 1.